The van der Waals surface area contributed by atoms with E-state index >= 15 is 0 Å². The number of nitrogen functional groups attached to an aromatic ring is 1. The lowest BCUT2D eigenvalue weighted by Gasteiger charge is -2.17. The van der Waals surface area contributed by atoms with Gasteiger partial charge in [-0.1, -0.05) is 6.92 Å². The van der Waals surface area contributed by atoms with Crippen molar-refractivity contribution in [2.45, 2.75) is 33.2 Å². The Morgan fingerprint density at radius 1 is 1.45 bits per heavy atom. The molecular formula is C15H24N2O2S. The van der Waals surface area contributed by atoms with Crippen molar-refractivity contribution in [3.05, 3.63) is 23.8 Å². The molecule has 5 heteroatoms. The summed E-state index contributed by atoms with van der Waals surface area (Å²) in [6, 6.07) is 5.59. The predicted molar refractivity (Wildman–Crippen MR) is 87.5 cm³/mol. The number of carbonyl (C=O) groups excluding carboxylic acids is 1. The van der Waals surface area contributed by atoms with Gasteiger partial charge in [-0.3, -0.25) is 0 Å². The predicted octanol–water partition coefficient (Wildman–Crippen LogP) is 3.39. The molecule has 1 aromatic rings. The van der Waals surface area contributed by atoms with Gasteiger partial charge < -0.3 is 15.8 Å². The molecule has 0 fully saturated rings. The third-order valence-corrected chi connectivity index (χ3v) is 3.80. The fourth-order valence-corrected chi connectivity index (χ4v) is 2.59. The molecule has 20 heavy (non-hydrogen) atoms. The number of hydrogen-bond acceptors (Lipinski definition) is 5. The third kappa shape index (κ3) is 5.33. The number of nitrogens with one attached hydrogen (secondary N) is 1. The van der Waals surface area contributed by atoms with Crippen LogP contribution in [0, 0.1) is 0 Å². The van der Waals surface area contributed by atoms with Crippen LogP contribution in [0.15, 0.2) is 18.2 Å². The molecule has 0 aliphatic heterocycles. The van der Waals surface area contributed by atoms with E-state index in [1.165, 1.54) is 0 Å². The molecule has 0 aliphatic rings. The number of benzene rings is 1. The van der Waals surface area contributed by atoms with Gasteiger partial charge in [-0.25, -0.2) is 4.79 Å². The average Bonchev–Trinajstić information content (AvgIpc) is 2.41. The molecule has 1 unspecified atom stereocenters. The zero-order chi connectivity index (χ0) is 15.0. The van der Waals surface area contributed by atoms with Gasteiger partial charge in [0.25, 0.3) is 0 Å². The van der Waals surface area contributed by atoms with E-state index in [1.807, 2.05) is 17.8 Å². The Morgan fingerprint density at radius 3 is 2.80 bits per heavy atom. The van der Waals surface area contributed by atoms with Gasteiger partial charge in [0.2, 0.25) is 0 Å². The lowest BCUT2D eigenvalue weighted by Crippen LogP contribution is -2.17. The monoisotopic (exact) mass is 296 g/mol. The smallest absolute Gasteiger partial charge is 0.338 e. The highest BCUT2D eigenvalue weighted by Gasteiger charge is 2.10. The summed E-state index contributed by atoms with van der Waals surface area (Å²) in [5, 5.41) is 3.38. The van der Waals surface area contributed by atoms with Crippen molar-refractivity contribution in [2.24, 2.45) is 0 Å². The van der Waals surface area contributed by atoms with Gasteiger partial charge in [0.1, 0.15) is 0 Å². The van der Waals surface area contributed by atoms with Crippen LogP contribution in [-0.4, -0.2) is 30.1 Å². The van der Waals surface area contributed by atoms with Crippen molar-refractivity contribution < 1.29 is 9.53 Å². The Bertz CT molecular complexity index is 438. The van der Waals surface area contributed by atoms with E-state index in [2.05, 4.69) is 19.2 Å². The van der Waals surface area contributed by atoms with E-state index in [9.17, 15) is 4.79 Å². The minimum Gasteiger partial charge on any atom is -0.462 e. The van der Waals surface area contributed by atoms with Crippen LogP contribution in [0.3, 0.4) is 0 Å². The minimum atomic E-state index is -0.335. The summed E-state index contributed by atoms with van der Waals surface area (Å²) >= 11 is 1.93. The lowest BCUT2D eigenvalue weighted by molar-refractivity contribution is 0.0526. The fraction of sp³-hybridized carbons (Fsp3) is 0.533. The molecule has 0 heterocycles. The third-order valence-electron chi connectivity index (χ3n) is 2.86. The zero-order valence-electron chi connectivity index (χ0n) is 12.4. The molecule has 112 valence electrons. The summed E-state index contributed by atoms with van der Waals surface area (Å²) in [5.74, 6) is 1.94. The Kier molecular flexibility index (Phi) is 7.30. The molecule has 0 amide bonds. The van der Waals surface area contributed by atoms with Gasteiger partial charge >= 0.3 is 5.97 Å². The van der Waals surface area contributed by atoms with Crippen LogP contribution in [0.4, 0.5) is 11.4 Å². The Balaban J connectivity index is 2.61. The highest BCUT2D eigenvalue weighted by atomic mass is 32.2. The maximum atomic E-state index is 11.6. The molecule has 3 N–H and O–H groups in total. The molecule has 4 nitrogen and oxygen atoms in total. The van der Waals surface area contributed by atoms with Gasteiger partial charge in [-0.15, -0.1) is 0 Å². The van der Waals surface area contributed by atoms with Crippen LogP contribution in [0.5, 0.6) is 0 Å². The van der Waals surface area contributed by atoms with Crippen molar-refractivity contribution in [3.8, 4) is 0 Å². The number of hydrogen-bond donors (Lipinski definition) is 2. The van der Waals surface area contributed by atoms with E-state index in [0.29, 0.717) is 23.9 Å². The normalized spacial score (nSPS) is 11.9. The molecule has 0 aliphatic carbocycles. The largest absolute Gasteiger partial charge is 0.462 e. The average molecular weight is 296 g/mol. The number of esters is 1. The van der Waals surface area contributed by atoms with Crippen molar-refractivity contribution in [2.75, 3.05) is 29.2 Å². The highest BCUT2D eigenvalue weighted by Crippen LogP contribution is 2.22. The van der Waals surface area contributed by atoms with Crippen molar-refractivity contribution >= 4 is 29.1 Å². The Labute approximate surface area is 125 Å². The summed E-state index contributed by atoms with van der Waals surface area (Å²) in [4.78, 5) is 11.6. The van der Waals surface area contributed by atoms with Gasteiger partial charge in [0, 0.05) is 6.04 Å². The number of anilines is 2. The molecule has 0 aromatic heterocycles. The molecule has 0 radical (unpaired) electrons. The molecule has 1 aromatic carbocycles. The lowest BCUT2D eigenvalue weighted by atomic mass is 10.1. The summed E-state index contributed by atoms with van der Waals surface area (Å²) in [6.07, 6.45) is 1.08. The van der Waals surface area contributed by atoms with E-state index in [0.717, 1.165) is 23.6 Å². The number of carbonyl (C=O) groups is 1. The van der Waals surface area contributed by atoms with Gasteiger partial charge in [0.05, 0.1) is 23.5 Å². The molecule has 0 bridgehead atoms. The summed E-state index contributed by atoms with van der Waals surface area (Å²) in [7, 11) is 0. The Hall–Kier alpha value is -1.36. The second-order valence-electron chi connectivity index (χ2n) is 4.55. The van der Waals surface area contributed by atoms with Gasteiger partial charge in [-0.05, 0) is 50.0 Å². The van der Waals surface area contributed by atoms with Crippen LogP contribution in [-0.2, 0) is 4.74 Å². The first-order valence-corrected chi connectivity index (χ1v) is 8.14. The van der Waals surface area contributed by atoms with Crippen LogP contribution < -0.4 is 11.1 Å². The van der Waals surface area contributed by atoms with Crippen molar-refractivity contribution in [1.82, 2.24) is 0 Å². The van der Waals surface area contributed by atoms with Gasteiger partial charge in [0.15, 0.2) is 0 Å². The number of thioether (sulfide) groups is 1. The minimum absolute atomic E-state index is 0.335. The first-order valence-electron chi connectivity index (χ1n) is 6.99. The highest BCUT2D eigenvalue weighted by molar-refractivity contribution is 7.99. The standard InChI is InChI=1S/C15H24N2O2S/c1-4-19-15(18)12-6-7-14(13(16)10-12)17-11(3)8-9-20-5-2/h6-7,10-11,17H,4-5,8-9,16H2,1-3H3. The van der Waals surface area contributed by atoms with Crippen LogP contribution in [0.1, 0.15) is 37.6 Å². The van der Waals surface area contributed by atoms with E-state index in [1.54, 1.807) is 19.1 Å². The Morgan fingerprint density at radius 2 is 2.20 bits per heavy atom. The molecule has 0 spiro atoms. The van der Waals surface area contributed by atoms with Crippen LogP contribution >= 0.6 is 11.8 Å². The molecule has 0 saturated heterocycles. The number of ether oxygens (including phenoxy) is 1. The summed E-state index contributed by atoms with van der Waals surface area (Å²) < 4.78 is 4.95. The topological polar surface area (TPSA) is 64.3 Å². The molecule has 1 rings (SSSR count). The molecule has 0 saturated carbocycles. The van der Waals surface area contributed by atoms with E-state index in [-0.39, 0.29) is 5.97 Å². The zero-order valence-corrected chi connectivity index (χ0v) is 13.3. The first kappa shape index (κ1) is 16.7. The SMILES string of the molecule is CCOC(=O)c1ccc(NC(C)CCSCC)c(N)c1. The van der Waals surface area contributed by atoms with Crippen molar-refractivity contribution in [3.63, 3.8) is 0 Å². The first-order chi connectivity index (χ1) is 9.58. The summed E-state index contributed by atoms with van der Waals surface area (Å²) in [6.45, 7) is 6.45. The fourth-order valence-electron chi connectivity index (χ4n) is 1.78. The van der Waals surface area contributed by atoms with Gasteiger partial charge in [-0.2, -0.15) is 11.8 Å². The van der Waals surface area contributed by atoms with Crippen molar-refractivity contribution in [1.29, 1.82) is 0 Å². The van der Waals surface area contributed by atoms with E-state index in [4.69, 9.17) is 10.5 Å². The number of rotatable bonds is 8. The maximum Gasteiger partial charge on any atom is 0.338 e. The van der Waals surface area contributed by atoms with E-state index < -0.39 is 0 Å². The quantitative estimate of drug-likeness (QED) is 0.437. The second-order valence-corrected chi connectivity index (χ2v) is 5.95. The molecule has 1 atom stereocenters. The maximum absolute atomic E-state index is 11.6. The number of nitrogens with two attached hydrogens (primary N) is 1. The summed E-state index contributed by atoms with van der Waals surface area (Å²) in [5.41, 5.74) is 7.92. The van der Waals surface area contributed by atoms with Crippen LogP contribution in [0.2, 0.25) is 0 Å². The molecular weight excluding hydrogens is 272 g/mol. The van der Waals surface area contributed by atoms with Crippen LogP contribution in [0.25, 0.3) is 0 Å². The second kappa shape index (κ2) is 8.74.